The molecule has 2 aromatic carbocycles. The minimum atomic E-state index is -4.50. The summed E-state index contributed by atoms with van der Waals surface area (Å²) in [6.07, 6.45) is -3.52. The zero-order valence-corrected chi connectivity index (χ0v) is 16.4. The number of H-pyrrole nitrogens is 1. The number of carbonyl (C=O) groups is 1. The number of halogens is 3. The van der Waals surface area contributed by atoms with Crippen molar-refractivity contribution in [2.45, 2.75) is 32.0 Å². The molecule has 0 bridgehead atoms. The summed E-state index contributed by atoms with van der Waals surface area (Å²) in [4.78, 5) is 29.1. The van der Waals surface area contributed by atoms with E-state index >= 15 is 0 Å². The van der Waals surface area contributed by atoms with Gasteiger partial charge in [0.2, 0.25) is 5.91 Å². The van der Waals surface area contributed by atoms with E-state index in [1.807, 2.05) is 18.2 Å². The molecule has 0 saturated carbocycles. The molecule has 1 aliphatic heterocycles. The number of hydrogen-bond donors (Lipinski definition) is 1. The van der Waals surface area contributed by atoms with Gasteiger partial charge in [0.05, 0.1) is 5.56 Å². The summed E-state index contributed by atoms with van der Waals surface area (Å²) >= 11 is 0. The van der Waals surface area contributed by atoms with Gasteiger partial charge >= 0.3 is 6.18 Å². The second-order valence-electron chi connectivity index (χ2n) is 7.36. The summed E-state index contributed by atoms with van der Waals surface area (Å²) in [5, 5.41) is 7.71. The zero-order valence-electron chi connectivity index (χ0n) is 16.4. The van der Waals surface area contributed by atoms with Crippen LogP contribution in [0.5, 0.6) is 0 Å². The van der Waals surface area contributed by atoms with Gasteiger partial charge in [-0.3, -0.25) is 9.59 Å². The van der Waals surface area contributed by atoms with Crippen LogP contribution in [0.15, 0.2) is 53.3 Å². The molecule has 4 rings (SSSR count). The normalized spacial score (nSPS) is 13.7. The molecule has 0 fully saturated rings. The molecule has 160 valence electrons. The van der Waals surface area contributed by atoms with Gasteiger partial charge in [0.25, 0.3) is 5.56 Å². The van der Waals surface area contributed by atoms with Crippen LogP contribution in [0.3, 0.4) is 0 Å². The van der Waals surface area contributed by atoms with E-state index in [1.165, 1.54) is 17.7 Å². The maximum absolute atomic E-state index is 12.9. The second-order valence-corrected chi connectivity index (χ2v) is 7.36. The number of hydrogen-bond acceptors (Lipinski definition) is 4. The smallest absolute Gasteiger partial charge is 0.338 e. The molecule has 3 aromatic rings. The van der Waals surface area contributed by atoms with E-state index < -0.39 is 17.3 Å². The number of amides is 1. The topological polar surface area (TPSA) is 79.0 Å². The first-order valence-electron chi connectivity index (χ1n) is 9.79. The lowest BCUT2D eigenvalue weighted by Crippen LogP contribution is -2.36. The highest BCUT2D eigenvalue weighted by Gasteiger charge is 2.30. The lowest BCUT2D eigenvalue weighted by Gasteiger charge is -2.28. The summed E-state index contributed by atoms with van der Waals surface area (Å²) in [7, 11) is 0. The fraction of sp³-hybridized carbons (Fsp3) is 0.273. The number of alkyl halides is 3. The van der Waals surface area contributed by atoms with E-state index in [9.17, 15) is 22.8 Å². The highest BCUT2D eigenvalue weighted by atomic mass is 19.4. The molecule has 0 atom stereocenters. The first-order valence-corrected chi connectivity index (χ1v) is 9.79. The van der Waals surface area contributed by atoms with Crippen LogP contribution >= 0.6 is 0 Å². The van der Waals surface area contributed by atoms with Gasteiger partial charge in [-0.05, 0) is 29.7 Å². The van der Waals surface area contributed by atoms with Crippen LogP contribution in [0.1, 0.15) is 28.8 Å². The van der Waals surface area contributed by atoms with Crippen molar-refractivity contribution in [2.75, 3.05) is 6.54 Å². The molecule has 0 radical (unpaired) electrons. The number of aromatic amines is 1. The molecule has 1 aromatic heterocycles. The number of rotatable bonds is 4. The molecule has 1 N–H and O–H groups in total. The van der Waals surface area contributed by atoms with Crippen LogP contribution < -0.4 is 5.56 Å². The molecule has 1 aliphatic rings. The summed E-state index contributed by atoms with van der Waals surface area (Å²) < 4.78 is 38.7. The number of nitrogens with zero attached hydrogens (tertiary/aromatic N) is 3. The summed E-state index contributed by atoms with van der Waals surface area (Å²) in [5.74, 6) is -0.142. The van der Waals surface area contributed by atoms with Crippen molar-refractivity contribution in [1.29, 1.82) is 0 Å². The minimum Gasteiger partial charge on any atom is -0.338 e. The van der Waals surface area contributed by atoms with Crippen molar-refractivity contribution in [3.63, 3.8) is 0 Å². The molecule has 0 saturated heterocycles. The molecule has 0 spiro atoms. The van der Waals surface area contributed by atoms with Crippen molar-refractivity contribution < 1.29 is 18.0 Å². The van der Waals surface area contributed by atoms with Crippen molar-refractivity contribution >= 4 is 5.91 Å². The van der Waals surface area contributed by atoms with Crippen molar-refractivity contribution in [2.24, 2.45) is 0 Å². The Balaban J connectivity index is 1.43. The summed E-state index contributed by atoms with van der Waals surface area (Å²) in [6.45, 7) is 1.15. The van der Waals surface area contributed by atoms with Crippen LogP contribution in [0.2, 0.25) is 0 Å². The van der Waals surface area contributed by atoms with Gasteiger partial charge in [0.1, 0.15) is 5.69 Å². The Morgan fingerprint density at radius 2 is 1.84 bits per heavy atom. The SMILES string of the molecule is O=C(CCc1nnc(-c2cccc(C(F)(F)F)c2)[nH]c1=O)N1CCc2ccccc2C1. The van der Waals surface area contributed by atoms with E-state index in [-0.39, 0.29) is 35.8 Å². The van der Waals surface area contributed by atoms with Crippen LogP contribution in [-0.2, 0) is 30.4 Å². The quantitative estimate of drug-likeness (QED) is 0.691. The van der Waals surface area contributed by atoms with Gasteiger partial charge < -0.3 is 9.88 Å². The Morgan fingerprint density at radius 3 is 2.58 bits per heavy atom. The maximum Gasteiger partial charge on any atom is 0.416 e. The Morgan fingerprint density at radius 1 is 1.06 bits per heavy atom. The molecule has 0 aliphatic carbocycles. The monoisotopic (exact) mass is 428 g/mol. The number of aromatic nitrogens is 3. The third-order valence-electron chi connectivity index (χ3n) is 5.29. The molecular formula is C22H19F3N4O2. The highest BCUT2D eigenvalue weighted by molar-refractivity contribution is 5.76. The molecule has 2 heterocycles. The van der Waals surface area contributed by atoms with Crippen molar-refractivity contribution in [3.8, 4) is 11.4 Å². The van der Waals surface area contributed by atoms with Crippen LogP contribution in [0.4, 0.5) is 13.2 Å². The predicted molar refractivity (Wildman–Crippen MR) is 107 cm³/mol. The van der Waals surface area contributed by atoms with Gasteiger partial charge in [0.15, 0.2) is 5.82 Å². The molecule has 6 nitrogen and oxygen atoms in total. The minimum absolute atomic E-state index is 0.0567. The predicted octanol–water partition coefficient (Wildman–Crippen LogP) is 3.37. The van der Waals surface area contributed by atoms with Crippen LogP contribution in [0, 0.1) is 0 Å². The summed E-state index contributed by atoms with van der Waals surface area (Å²) in [5.41, 5.74) is 1.12. The summed E-state index contributed by atoms with van der Waals surface area (Å²) in [6, 6.07) is 12.5. The Kier molecular flexibility index (Phi) is 5.58. The van der Waals surface area contributed by atoms with E-state index in [1.54, 1.807) is 4.90 Å². The Labute approximate surface area is 175 Å². The van der Waals surface area contributed by atoms with Crippen LogP contribution in [0.25, 0.3) is 11.4 Å². The Hall–Kier alpha value is -3.49. The number of carbonyl (C=O) groups excluding carboxylic acids is 1. The fourth-order valence-electron chi connectivity index (χ4n) is 3.59. The lowest BCUT2D eigenvalue weighted by atomic mass is 9.99. The first-order chi connectivity index (χ1) is 14.8. The van der Waals surface area contributed by atoms with Gasteiger partial charge in [0, 0.05) is 31.5 Å². The highest BCUT2D eigenvalue weighted by Crippen LogP contribution is 2.31. The van der Waals surface area contributed by atoms with Crippen molar-refractivity contribution in [3.05, 3.63) is 81.3 Å². The average molecular weight is 428 g/mol. The fourth-order valence-corrected chi connectivity index (χ4v) is 3.59. The van der Waals surface area contributed by atoms with E-state index in [0.717, 1.165) is 24.1 Å². The van der Waals surface area contributed by atoms with Crippen molar-refractivity contribution in [1.82, 2.24) is 20.1 Å². The number of fused-ring (bicyclic) bond motifs is 1. The number of nitrogens with one attached hydrogen (secondary N) is 1. The maximum atomic E-state index is 12.9. The molecule has 9 heteroatoms. The van der Waals surface area contributed by atoms with E-state index in [4.69, 9.17) is 0 Å². The molecule has 31 heavy (non-hydrogen) atoms. The van der Waals surface area contributed by atoms with Gasteiger partial charge in [-0.1, -0.05) is 36.4 Å². The van der Waals surface area contributed by atoms with Gasteiger partial charge in [-0.2, -0.15) is 13.2 Å². The third kappa shape index (κ3) is 4.65. The van der Waals surface area contributed by atoms with E-state index in [0.29, 0.717) is 13.1 Å². The van der Waals surface area contributed by atoms with E-state index in [2.05, 4.69) is 21.2 Å². The molecule has 0 unspecified atom stereocenters. The van der Waals surface area contributed by atoms with Crippen LogP contribution in [-0.4, -0.2) is 32.5 Å². The third-order valence-corrected chi connectivity index (χ3v) is 5.29. The lowest BCUT2D eigenvalue weighted by molar-refractivity contribution is -0.137. The standard InChI is InChI=1S/C22H19F3N4O2/c23-22(24,25)17-7-3-6-15(12-17)20-26-21(31)18(27-28-20)8-9-19(30)29-11-10-14-4-1-2-5-16(14)13-29/h1-7,12H,8-11,13H2,(H,26,28,31). The van der Waals surface area contributed by atoms with Gasteiger partial charge in [-0.15, -0.1) is 10.2 Å². The Bertz CT molecular complexity index is 1170. The number of benzene rings is 2. The second kappa shape index (κ2) is 8.33. The van der Waals surface area contributed by atoms with Gasteiger partial charge in [-0.25, -0.2) is 0 Å². The largest absolute Gasteiger partial charge is 0.416 e. The molecule has 1 amide bonds. The molecular weight excluding hydrogens is 409 g/mol. The number of aryl methyl sites for hydroxylation is 1. The zero-order chi connectivity index (χ0) is 22.0. The first kappa shape index (κ1) is 20.8. The average Bonchev–Trinajstić information content (AvgIpc) is 2.77.